The number of rotatable bonds is 4. The summed E-state index contributed by atoms with van der Waals surface area (Å²) in [6.07, 6.45) is 6.62. The van der Waals surface area contributed by atoms with Crippen molar-refractivity contribution in [3.05, 3.63) is 0 Å². The molecule has 7 heteroatoms. The Balaban J connectivity index is 2.03. The van der Waals surface area contributed by atoms with Crippen molar-refractivity contribution in [1.82, 2.24) is 9.62 Å². The number of likely N-dealkylation sites (tertiary alicyclic amines) is 1. The molecule has 0 bridgehead atoms. The maximum absolute atomic E-state index is 12.7. The molecule has 1 saturated heterocycles. The van der Waals surface area contributed by atoms with Gasteiger partial charge >= 0.3 is 0 Å². The van der Waals surface area contributed by atoms with E-state index in [1.54, 1.807) is 0 Å². The Morgan fingerprint density at radius 1 is 1.35 bits per heavy atom. The van der Waals surface area contributed by atoms with Gasteiger partial charge in [-0.05, 0) is 25.7 Å². The zero-order valence-electron chi connectivity index (χ0n) is 12.1. The monoisotopic (exact) mass is 303 g/mol. The maximum Gasteiger partial charge on any atom is 0.230 e. The molecule has 0 radical (unpaired) electrons. The molecule has 0 aromatic carbocycles. The fourth-order valence-electron chi connectivity index (χ4n) is 3.45. The molecule has 1 unspecified atom stereocenters. The first-order valence-electron chi connectivity index (χ1n) is 7.33. The van der Waals surface area contributed by atoms with Gasteiger partial charge in [-0.3, -0.25) is 4.79 Å². The van der Waals surface area contributed by atoms with Gasteiger partial charge in [0.25, 0.3) is 0 Å². The second kappa shape index (κ2) is 5.99. The van der Waals surface area contributed by atoms with Crippen molar-refractivity contribution in [2.24, 2.45) is 11.1 Å². The molecule has 1 atom stereocenters. The summed E-state index contributed by atoms with van der Waals surface area (Å²) in [5.41, 5.74) is 5.46. The van der Waals surface area contributed by atoms with Crippen LogP contribution in [0.4, 0.5) is 0 Å². The third-order valence-corrected chi connectivity index (χ3v) is 5.26. The Hall–Kier alpha value is -0.660. The van der Waals surface area contributed by atoms with Crippen molar-refractivity contribution in [3.63, 3.8) is 0 Å². The van der Waals surface area contributed by atoms with E-state index in [0.717, 1.165) is 44.8 Å². The summed E-state index contributed by atoms with van der Waals surface area (Å²) < 4.78 is 25.2. The lowest BCUT2D eigenvalue weighted by molar-refractivity contribution is -0.142. The summed E-state index contributed by atoms with van der Waals surface area (Å²) >= 11 is 0. The number of piperidine rings is 1. The van der Waals surface area contributed by atoms with Crippen molar-refractivity contribution in [1.29, 1.82) is 0 Å². The number of sulfonamides is 1. The van der Waals surface area contributed by atoms with Crippen LogP contribution in [0, 0.1) is 5.41 Å². The first kappa shape index (κ1) is 15.7. The molecule has 0 spiro atoms. The largest absolute Gasteiger partial charge is 0.341 e. The highest BCUT2D eigenvalue weighted by Gasteiger charge is 2.43. The standard InChI is InChI=1S/C13H25N3O3S/c1-20(18,19)15-11-5-4-8-16(9-11)12(17)13(10-14)6-2-3-7-13/h11,15H,2-10,14H2,1H3. The molecule has 2 aliphatic rings. The molecular formula is C13H25N3O3S. The number of nitrogens with two attached hydrogens (primary N) is 1. The van der Waals surface area contributed by atoms with Gasteiger partial charge in [0.05, 0.1) is 11.7 Å². The highest BCUT2D eigenvalue weighted by Crippen LogP contribution is 2.39. The first-order chi connectivity index (χ1) is 9.36. The molecule has 3 N–H and O–H groups in total. The normalized spacial score (nSPS) is 26.7. The van der Waals surface area contributed by atoms with Crippen LogP contribution in [0.5, 0.6) is 0 Å². The molecule has 116 valence electrons. The van der Waals surface area contributed by atoms with Gasteiger partial charge in [-0.1, -0.05) is 12.8 Å². The molecule has 6 nitrogen and oxygen atoms in total. The Labute approximate surface area is 121 Å². The molecule has 0 aromatic heterocycles. The topological polar surface area (TPSA) is 92.5 Å². The summed E-state index contributed by atoms with van der Waals surface area (Å²) in [4.78, 5) is 14.5. The predicted molar refractivity (Wildman–Crippen MR) is 77.5 cm³/mol. The molecule has 1 amide bonds. The van der Waals surface area contributed by atoms with Crippen LogP contribution >= 0.6 is 0 Å². The van der Waals surface area contributed by atoms with Crippen molar-refractivity contribution in [2.75, 3.05) is 25.9 Å². The molecule has 1 aliphatic heterocycles. The molecule has 20 heavy (non-hydrogen) atoms. The van der Waals surface area contributed by atoms with E-state index in [1.807, 2.05) is 4.90 Å². The first-order valence-corrected chi connectivity index (χ1v) is 9.22. The van der Waals surface area contributed by atoms with Crippen LogP contribution in [0.15, 0.2) is 0 Å². The summed E-state index contributed by atoms with van der Waals surface area (Å²) in [5.74, 6) is 0.123. The lowest BCUT2D eigenvalue weighted by atomic mass is 9.84. The van der Waals surface area contributed by atoms with Gasteiger partial charge in [-0.2, -0.15) is 0 Å². The zero-order valence-corrected chi connectivity index (χ0v) is 12.9. The Kier molecular flexibility index (Phi) is 4.71. The van der Waals surface area contributed by atoms with E-state index in [0.29, 0.717) is 19.6 Å². The van der Waals surface area contributed by atoms with Gasteiger partial charge < -0.3 is 10.6 Å². The van der Waals surface area contributed by atoms with E-state index in [1.165, 1.54) is 0 Å². The molecular weight excluding hydrogens is 278 g/mol. The maximum atomic E-state index is 12.7. The lowest BCUT2D eigenvalue weighted by Gasteiger charge is -2.38. The molecule has 0 aromatic rings. The van der Waals surface area contributed by atoms with Crippen molar-refractivity contribution in [2.45, 2.75) is 44.6 Å². The molecule has 2 fully saturated rings. The van der Waals surface area contributed by atoms with Crippen LogP contribution in [0.2, 0.25) is 0 Å². The van der Waals surface area contributed by atoms with E-state index in [2.05, 4.69) is 4.72 Å². The lowest BCUT2D eigenvalue weighted by Crippen LogP contribution is -2.54. The predicted octanol–water partition coefficient (Wildman–Crippen LogP) is 0.0457. The quantitative estimate of drug-likeness (QED) is 0.767. The Bertz CT molecular complexity index is 457. The van der Waals surface area contributed by atoms with Gasteiger partial charge in [0, 0.05) is 25.7 Å². The number of carbonyl (C=O) groups is 1. The van der Waals surface area contributed by atoms with Gasteiger partial charge in [-0.25, -0.2) is 13.1 Å². The summed E-state index contributed by atoms with van der Waals surface area (Å²) in [5, 5.41) is 0. The fourth-order valence-corrected chi connectivity index (χ4v) is 4.25. The highest BCUT2D eigenvalue weighted by molar-refractivity contribution is 7.88. The minimum absolute atomic E-state index is 0.123. The SMILES string of the molecule is CS(=O)(=O)NC1CCCN(C(=O)C2(CN)CCCC2)C1. The number of carbonyl (C=O) groups excluding carboxylic acids is 1. The number of nitrogens with one attached hydrogen (secondary N) is 1. The molecule has 1 aliphatic carbocycles. The fraction of sp³-hybridized carbons (Fsp3) is 0.923. The van der Waals surface area contributed by atoms with Crippen LogP contribution in [0.3, 0.4) is 0 Å². The average molecular weight is 303 g/mol. The number of amides is 1. The molecule has 1 saturated carbocycles. The summed E-state index contributed by atoms with van der Waals surface area (Å²) in [6.45, 7) is 1.57. The van der Waals surface area contributed by atoms with E-state index in [4.69, 9.17) is 5.73 Å². The molecule has 1 heterocycles. The smallest absolute Gasteiger partial charge is 0.230 e. The summed E-state index contributed by atoms with van der Waals surface area (Å²) in [6, 6.07) is -0.168. The second-order valence-corrected chi connectivity index (χ2v) is 7.95. The zero-order chi connectivity index (χ0) is 14.8. The van der Waals surface area contributed by atoms with Crippen molar-refractivity contribution < 1.29 is 13.2 Å². The molecule has 2 rings (SSSR count). The van der Waals surface area contributed by atoms with Crippen LogP contribution < -0.4 is 10.5 Å². The Morgan fingerprint density at radius 3 is 2.55 bits per heavy atom. The van der Waals surface area contributed by atoms with Crippen LogP contribution in [-0.4, -0.2) is 51.2 Å². The number of hydrogen-bond acceptors (Lipinski definition) is 4. The minimum Gasteiger partial charge on any atom is -0.341 e. The van der Waals surface area contributed by atoms with Gasteiger partial charge in [0.15, 0.2) is 0 Å². The van der Waals surface area contributed by atoms with E-state index >= 15 is 0 Å². The average Bonchev–Trinajstić information content (AvgIpc) is 2.86. The van der Waals surface area contributed by atoms with E-state index in [9.17, 15) is 13.2 Å². The van der Waals surface area contributed by atoms with Crippen molar-refractivity contribution >= 4 is 15.9 Å². The van der Waals surface area contributed by atoms with Gasteiger partial charge in [-0.15, -0.1) is 0 Å². The van der Waals surface area contributed by atoms with Crippen LogP contribution in [-0.2, 0) is 14.8 Å². The van der Waals surface area contributed by atoms with Crippen LogP contribution in [0.1, 0.15) is 38.5 Å². The Morgan fingerprint density at radius 2 is 2.00 bits per heavy atom. The summed E-state index contributed by atoms with van der Waals surface area (Å²) in [7, 11) is -3.23. The third-order valence-electron chi connectivity index (χ3n) is 4.49. The third kappa shape index (κ3) is 3.51. The van der Waals surface area contributed by atoms with Gasteiger partial charge in [0.2, 0.25) is 15.9 Å². The number of hydrogen-bond donors (Lipinski definition) is 2. The highest BCUT2D eigenvalue weighted by atomic mass is 32.2. The number of nitrogens with zero attached hydrogens (tertiary/aromatic N) is 1. The van der Waals surface area contributed by atoms with Crippen LogP contribution in [0.25, 0.3) is 0 Å². The van der Waals surface area contributed by atoms with E-state index < -0.39 is 15.4 Å². The van der Waals surface area contributed by atoms with E-state index in [-0.39, 0.29) is 11.9 Å². The minimum atomic E-state index is -3.23. The van der Waals surface area contributed by atoms with Gasteiger partial charge in [0.1, 0.15) is 0 Å². The van der Waals surface area contributed by atoms with Crippen molar-refractivity contribution in [3.8, 4) is 0 Å². The second-order valence-electron chi connectivity index (χ2n) is 6.17.